The largest absolute Gasteiger partial charge is 0.508 e. The normalized spacial score (nSPS) is 13.5. The third-order valence-corrected chi connectivity index (χ3v) is 7.34. The molecule has 0 spiro atoms. The van der Waals surface area contributed by atoms with E-state index in [2.05, 4.69) is 25.9 Å². The Labute approximate surface area is 269 Å². The number of carboxylic acid groups (broad SMARTS) is 1. The third kappa shape index (κ3) is 10.3. The maximum absolute atomic E-state index is 13.8. The van der Waals surface area contributed by atoms with E-state index in [9.17, 15) is 39.6 Å². The zero-order chi connectivity index (χ0) is 33.9. The summed E-state index contributed by atoms with van der Waals surface area (Å²) < 4.78 is 0. The van der Waals surface area contributed by atoms with E-state index in [0.29, 0.717) is 22.4 Å². The number of phenolic OH excluding ortho intramolecular Hbond substituents is 3. The molecule has 3 aromatic carbocycles. The number of imidazole rings is 1. The fourth-order valence-electron chi connectivity index (χ4n) is 4.77. The van der Waals surface area contributed by atoms with Crippen molar-refractivity contribution in [2.24, 2.45) is 5.73 Å². The number of aromatic amines is 1. The molecule has 0 saturated heterocycles. The second kappa shape index (κ2) is 15.9. The van der Waals surface area contributed by atoms with Crippen molar-refractivity contribution in [2.75, 3.05) is 0 Å². The quantitative estimate of drug-likeness (QED) is 0.0876. The van der Waals surface area contributed by atoms with Gasteiger partial charge in [-0.15, -0.1) is 0 Å². The van der Waals surface area contributed by atoms with Gasteiger partial charge in [-0.3, -0.25) is 14.4 Å². The minimum atomic E-state index is -1.36. The lowest BCUT2D eigenvalue weighted by atomic mass is 10.0. The molecule has 0 fully saturated rings. The van der Waals surface area contributed by atoms with E-state index >= 15 is 0 Å². The first-order chi connectivity index (χ1) is 22.5. The number of aliphatic carboxylic acids is 1. The van der Waals surface area contributed by atoms with Crippen molar-refractivity contribution in [2.45, 2.75) is 49.9 Å². The van der Waals surface area contributed by atoms with Gasteiger partial charge in [0.1, 0.15) is 35.4 Å². The van der Waals surface area contributed by atoms with Crippen LogP contribution in [0.4, 0.5) is 0 Å². The molecule has 0 bridgehead atoms. The molecule has 1 aromatic heterocycles. The van der Waals surface area contributed by atoms with Crippen molar-refractivity contribution >= 4 is 23.7 Å². The molecule has 0 saturated carbocycles. The number of nitrogens with one attached hydrogen (secondary N) is 4. The molecule has 1 heterocycles. The standard InChI is InChI=1S/C33H36N6O8/c34-26(13-19-1-7-23(40)8-2-19)30(43)37-27(14-20-3-9-24(41)10-4-20)31(44)38-28(16-22-17-35-18-36-22)32(45)39-29(33(46)47)15-21-5-11-25(42)12-6-21/h1-12,17-18,26-29,40-42H,13-16,34H2,(H,35,36)(H,37,43)(H,38,44)(H,39,45)(H,46,47). The van der Waals surface area contributed by atoms with Crippen LogP contribution in [0.3, 0.4) is 0 Å². The van der Waals surface area contributed by atoms with Crippen LogP contribution in [0.25, 0.3) is 0 Å². The monoisotopic (exact) mass is 644 g/mol. The average molecular weight is 645 g/mol. The van der Waals surface area contributed by atoms with Crippen LogP contribution in [0, 0.1) is 0 Å². The number of aromatic hydroxyl groups is 3. The molecule has 3 amide bonds. The summed E-state index contributed by atoms with van der Waals surface area (Å²) in [5, 5.41) is 46.4. The summed E-state index contributed by atoms with van der Waals surface area (Å²) in [5.74, 6) is -3.43. The smallest absolute Gasteiger partial charge is 0.326 e. The number of amides is 3. The van der Waals surface area contributed by atoms with Crippen LogP contribution in [0.1, 0.15) is 22.4 Å². The summed E-state index contributed by atoms with van der Waals surface area (Å²) in [5.41, 5.74) is 8.45. The first-order valence-corrected chi connectivity index (χ1v) is 14.7. The lowest BCUT2D eigenvalue weighted by Gasteiger charge is -2.25. The van der Waals surface area contributed by atoms with Crippen LogP contribution in [0.2, 0.25) is 0 Å². The number of hydrogen-bond donors (Lipinski definition) is 9. The van der Waals surface area contributed by atoms with Crippen LogP contribution < -0.4 is 21.7 Å². The Bertz CT molecular complexity index is 1640. The molecular formula is C33H36N6O8. The topological polar surface area (TPSA) is 240 Å². The second-order valence-electron chi connectivity index (χ2n) is 11.0. The maximum Gasteiger partial charge on any atom is 0.326 e. The highest BCUT2D eigenvalue weighted by atomic mass is 16.4. The van der Waals surface area contributed by atoms with Gasteiger partial charge in [-0.2, -0.15) is 0 Å². The SMILES string of the molecule is NC(Cc1ccc(O)cc1)C(=O)NC(Cc1ccc(O)cc1)C(=O)NC(Cc1cnc[nH]1)C(=O)NC(Cc1ccc(O)cc1)C(=O)O. The Morgan fingerprint density at radius 2 is 1.02 bits per heavy atom. The number of phenols is 3. The number of carboxylic acids is 1. The molecule has 10 N–H and O–H groups in total. The van der Waals surface area contributed by atoms with E-state index in [-0.39, 0.29) is 42.9 Å². The van der Waals surface area contributed by atoms with Gasteiger partial charge in [0.25, 0.3) is 0 Å². The molecular weight excluding hydrogens is 608 g/mol. The molecule has 14 nitrogen and oxygen atoms in total. The molecule has 0 aliphatic carbocycles. The molecule has 4 atom stereocenters. The molecule has 0 aliphatic rings. The zero-order valence-corrected chi connectivity index (χ0v) is 25.2. The average Bonchev–Trinajstić information content (AvgIpc) is 3.56. The summed E-state index contributed by atoms with van der Waals surface area (Å²) >= 11 is 0. The predicted octanol–water partition coefficient (Wildman–Crippen LogP) is 0.663. The Morgan fingerprint density at radius 3 is 1.47 bits per heavy atom. The van der Waals surface area contributed by atoms with Gasteiger partial charge < -0.3 is 47.1 Å². The number of nitrogens with two attached hydrogens (primary N) is 1. The number of rotatable bonds is 15. The zero-order valence-electron chi connectivity index (χ0n) is 25.2. The van der Waals surface area contributed by atoms with Gasteiger partial charge in [0.2, 0.25) is 17.7 Å². The minimum Gasteiger partial charge on any atom is -0.508 e. The van der Waals surface area contributed by atoms with Crippen LogP contribution in [-0.4, -0.2) is 78.3 Å². The van der Waals surface area contributed by atoms with Gasteiger partial charge in [-0.25, -0.2) is 9.78 Å². The Hall–Kier alpha value is -5.89. The van der Waals surface area contributed by atoms with Gasteiger partial charge in [-0.05, 0) is 59.5 Å². The van der Waals surface area contributed by atoms with E-state index in [1.54, 1.807) is 24.3 Å². The van der Waals surface area contributed by atoms with E-state index in [4.69, 9.17) is 5.73 Å². The number of aromatic nitrogens is 2. The van der Waals surface area contributed by atoms with Crippen LogP contribution >= 0.6 is 0 Å². The molecule has 4 rings (SSSR count). The van der Waals surface area contributed by atoms with E-state index in [1.807, 2.05) is 0 Å². The van der Waals surface area contributed by atoms with Gasteiger partial charge in [0, 0.05) is 31.2 Å². The molecule has 0 radical (unpaired) electrons. The lowest BCUT2D eigenvalue weighted by Crippen LogP contribution is -2.58. The summed E-state index contributed by atoms with van der Waals surface area (Å²) in [6.07, 6.45) is 2.76. The van der Waals surface area contributed by atoms with Crippen LogP contribution in [0.15, 0.2) is 85.3 Å². The molecule has 0 aliphatic heterocycles. The first-order valence-electron chi connectivity index (χ1n) is 14.7. The van der Waals surface area contributed by atoms with Crippen LogP contribution in [0.5, 0.6) is 17.2 Å². The van der Waals surface area contributed by atoms with Gasteiger partial charge in [-0.1, -0.05) is 36.4 Å². The molecule has 14 heteroatoms. The number of benzene rings is 3. The molecule has 4 unspecified atom stereocenters. The fraction of sp³-hybridized carbons (Fsp3) is 0.242. The maximum atomic E-state index is 13.8. The van der Waals surface area contributed by atoms with Crippen molar-refractivity contribution in [3.05, 3.63) is 108 Å². The summed E-state index contributed by atoms with van der Waals surface area (Å²) in [6, 6.07) is 13.1. The molecule has 246 valence electrons. The fourth-order valence-corrected chi connectivity index (χ4v) is 4.77. The number of hydrogen-bond acceptors (Lipinski definition) is 9. The Morgan fingerprint density at radius 1 is 0.617 bits per heavy atom. The van der Waals surface area contributed by atoms with Crippen molar-refractivity contribution in [3.63, 3.8) is 0 Å². The van der Waals surface area contributed by atoms with Crippen molar-refractivity contribution < 1.29 is 39.6 Å². The van der Waals surface area contributed by atoms with E-state index in [0.717, 1.165) is 0 Å². The third-order valence-electron chi connectivity index (χ3n) is 7.34. The highest BCUT2D eigenvalue weighted by molar-refractivity contribution is 5.94. The Kier molecular flexibility index (Phi) is 11.5. The van der Waals surface area contributed by atoms with E-state index in [1.165, 1.54) is 61.1 Å². The van der Waals surface area contributed by atoms with Gasteiger partial charge in [0.05, 0.1) is 12.4 Å². The number of carbonyl (C=O) groups excluding carboxylic acids is 3. The Balaban J connectivity index is 1.53. The van der Waals surface area contributed by atoms with Crippen molar-refractivity contribution in [1.29, 1.82) is 0 Å². The first kappa shape index (κ1) is 34.0. The van der Waals surface area contributed by atoms with E-state index < -0.39 is 47.9 Å². The lowest BCUT2D eigenvalue weighted by molar-refractivity contribution is -0.142. The highest BCUT2D eigenvalue weighted by Crippen LogP contribution is 2.15. The van der Waals surface area contributed by atoms with Gasteiger partial charge >= 0.3 is 5.97 Å². The van der Waals surface area contributed by atoms with Crippen molar-refractivity contribution in [3.8, 4) is 17.2 Å². The van der Waals surface area contributed by atoms with Crippen molar-refractivity contribution in [1.82, 2.24) is 25.9 Å². The molecule has 4 aromatic rings. The molecule has 47 heavy (non-hydrogen) atoms. The number of nitrogens with zero attached hydrogens (tertiary/aromatic N) is 1. The number of carbonyl (C=O) groups is 4. The minimum absolute atomic E-state index is 0.00209. The predicted molar refractivity (Wildman–Crippen MR) is 169 cm³/mol. The summed E-state index contributed by atoms with van der Waals surface area (Å²) in [6.45, 7) is 0. The van der Waals surface area contributed by atoms with Crippen LogP contribution in [-0.2, 0) is 44.9 Å². The van der Waals surface area contributed by atoms with Gasteiger partial charge in [0.15, 0.2) is 0 Å². The highest BCUT2D eigenvalue weighted by Gasteiger charge is 2.31. The summed E-state index contributed by atoms with van der Waals surface area (Å²) in [4.78, 5) is 59.4. The number of H-pyrrole nitrogens is 1. The second-order valence-corrected chi connectivity index (χ2v) is 11.0. The summed E-state index contributed by atoms with van der Waals surface area (Å²) in [7, 11) is 0.